The molecule has 5 nitrogen and oxygen atoms in total. The topological polar surface area (TPSA) is 64.5 Å². The molecular weight excluding hydrogens is 1240 g/mol. The molecule has 0 unspecified atom stereocenters. The van der Waals surface area contributed by atoms with Gasteiger partial charge in [0.15, 0.2) is 23.3 Å². The maximum Gasteiger partial charge on any atom is 0.164 e. The Hall–Kier alpha value is -13.4. The average Bonchev–Trinajstić information content (AvgIpc) is 1.53. The molecule has 15 aromatic carbocycles. The molecule has 2 aliphatic carbocycles. The highest BCUT2D eigenvalue weighted by Crippen LogP contribution is 2.61. The molecule has 2 heterocycles. The second kappa shape index (κ2) is 24.9. The average molecular weight is 1300 g/mol. The molecule has 17 aromatic rings. The lowest BCUT2D eigenvalue weighted by molar-refractivity contribution is 0.768. The van der Waals surface area contributed by atoms with E-state index in [9.17, 15) is 0 Å². The Balaban J connectivity index is 0.760. The molecule has 0 saturated heterocycles. The van der Waals surface area contributed by atoms with E-state index in [2.05, 4.69) is 358 Å². The first-order valence-corrected chi connectivity index (χ1v) is 34.9. The molecule has 0 amide bonds. The molecule has 0 atom stereocenters. The molecular formula is C97H63N5. The second-order valence-electron chi connectivity index (χ2n) is 26.5. The van der Waals surface area contributed by atoms with Crippen LogP contribution in [0.25, 0.3) is 134 Å². The van der Waals surface area contributed by atoms with Crippen LogP contribution < -0.4 is 0 Å². The van der Waals surface area contributed by atoms with Crippen molar-refractivity contribution < 1.29 is 0 Å². The number of nitrogens with zero attached hydrogens (tertiary/aromatic N) is 5. The summed E-state index contributed by atoms with van der Waals surface area (Å²) in [6.45, 7) is 0. The van der Waals surface area contributed by atoms with Crippen molar-refractivity contribution in [2.75, 3.05) is 0 Å². The normalized spacial score (nSPS) is 12.9. The van der Waals surface area contributed by atoms with Crippen molar-refractivity contribution in [3.63, 3.8) is 0 Å². The van der Waals surface area contributed by atoms with Crippen LogP contribution >= 0.6 is 0 Å². The van der Waals surface area contributed by atoms with Gasteiger partial charge in [-0.1, -0.05) is 352 Å². The third-order valence-corrected chi connectivity index (χ3v) is 20.9. The number of hydrogen-bond acceptors (Lipinski definition) is 5. The molecule has 0 radical (unpaired) electrons. The van der Waals surface area contributed by atoms with Crippen molar-refractivity contribution in [1.29, 1.82) is 0 Å². The van der Waals surface area contributed by atoms with Crippen LogP contribution in [0, 0.1) is 0 Å². The zero-order valence-corrected chi connectivity index (χ0v) is 55.6. The standard InChI is InChI=1S/C97H63N5/c1-7-28-66(29-8-1)88-63-89(99-94(98-88)75-54-49-64-27-19-20-32-69(64)59-75)72-34-26-35-73(61-72)90-80(57-58-86-91(90)83-46-22-24-48-85(83)96(86,76-37-11-3-12-38-76)77-39-13-4-14-40-77)65-50-52-68(53-51-65)93-100-92(67-30-9-2-10-31-67)101-95(102-93)74-36-25-33-70(60-74)71-55-56-82-81-45-21-23-47-84(81)97(87(82)62-71,78-41-15-5-16-42-78)79-43-17-6-18-44-79/h1-63H. The van der Waals surface area contributed by atoms with Crippen LogP contribution in [0.1, 0.15) is 44.5 Å². The van der Waals surface area contributed by atoms with Crippen LogP contribution in [0.5, 0.6) is 0 Å². The van der Waals surface area contributed by atoms with Crippen molar-refractivity contribution >= 4 is 10.8 Å². The summed E-state index contributed by atoms with van der Waals surface area (Å²) < 4.78 is 0. The highest BCUT2D eigenvalue weighted by atomic mass is 15.0. The van der Waals surface area contributed by atoms with Crippen LogP contribution in [0.3, 0.4) is 0 Å². The zero-order chi connectivity index (χ0) is 67.6. The summed E-state index contributed by atoms with van der Waals surface area (Å²) in [5.74, 6) is 2.43. The molecule has 5 heteroatoms. The van der Waals surface area contributed by atoms with Gasteiger partial charge in [-0.15, -0.1) is 0 Å². The van der Waals surface area contributed by atoms with Gasteiger partial charge in [0.1, 0.15) is 0 Å². The Bertz CT molecular complexity index is 5960. The molecule has 0 aliphatic heterocycles. The van der Waals surface area contributed by atoms with Crippen LogP contribution in [-0.4, -0.2) is 24.9 Å². The van der Waals surface area contributed by atoms with Gasteiger partial charge in [0, 0.05) is 33.4 Å². The van der Waals surface area contributed by atoms with Gasteiger partial charge in [0.25, 0.3) is 0 Å². The first kappa shape index (κ1) is 59.9. The van der Waals surface area contributed by atoms with Crippen molar-refractivity contribution in [1.82, 2.24) is 24.9 Å². The van der Waals surface area contributed by atoms with E-state index in [4.69, 9.17) is 24.9 Å². The number of fused-ring (bicyclic) bond motifs is 7. The Labute approximate surface area is 593 Å². The predicted octanol–water partition coefficient (Wildman–Crippen LogP) is 23.5. The Morgan fingerprint density at radius 1 is 0.167 bits per heavy atom. The largest absolute Gasteiger partial charge is 0.228 e. The van der Waals surface area contributed by atoms with Gasteiger partial charge in [-0.2, -0.15) is 0 Å². The third-order valence-electron chi connectivity index (χ3n) is 20.9. The van der Waals surface area contributed by atoms with Crippen molar-refractivity contribution in [3.05, 3.63) is 427 Å². The number of aromatic nitrogens is 5. The Morgan fingerprint density at radius 3 is 1.18 bits per heavy atom. The molecule has 476 valence electrons. The summed E-state index contributed by atoms with van der Waals surface area (Å²) in [6, 6.07) is 138. The molecule has 0 saturated carbocycles. The molecule has 0 bridgehead atoms. The van der Waals surface area contributed by atoms with Crippen LogP contribution in [-0.2, 0) is 10.8 Å². The zero-order valence-electron chi connectivity index (χ0n) is 55.6. The summed E-state index contributed by atoms with van der Waals surface area (Å²) in [5, 5.41) is 2.31. The van der Waals surface area contributed by atoms with Gasteiger partial charge >= 0.3 is 0 Å². The maximum atomic E-state index is 5.45. The first-order chi connectivity index (χ1) is 50.5. The van der Waals surface area contributed by atoms with E-state index < -0.39 is 10.8 Å². The lowest BCUT2D eigenvalue weighted by Crippen LogP contribution is -2.28. The minimum atomic E-state index is -0.633. The van der Waals surface area contributed by atoms with Crippen LogP contribution in [0.15, 0.2) is 382 Å². The summed E-state index contributed by atoms with van der Waals surface area (Å²) in [4.78, 5) is 26.7. The van der Waals surface area contributed by atoms with Gasteiger partial charge in [-0.05, 0) is 141 Å². The maximum absolute atomic E-state index is 5.45. The molecule has 19 rings (SSSR count). The number of rotatable bonds is 13. The smallest absolute Gasteiger partial charge is 0.164 e. The summed E-state index contributed by atoms with van der Waals surface area (Å²) >= 11 is 0. The SMILES string of the molecule is c1ccc(-c2cc(-c3cccc(-c4c(-c5ccc(-c6nc(-c7ccccc7)nc(-c7cccc(-c8ccc9c(c8)C(c8ccccc8)(c8ccccc8)c8ccccc8-9)c7)n6)cc5)ccc5c4-c4ccccc4C5(c4ccccc4)c4ccccc4)c3)nc(-c3ccc4ccccc4c3)n2)cc1. The van der Waals surface area contributed by atoms with E-state index in [0.717, 1.165) is 83.5 Å². The Kier molecular flexibility index (Phi) is 14.6. The molecule has 0 N–H and O–H groups in total. The molecule has 0 spiro atoms. The van der Waals surface area contributed by atoms with Crippen molar-refractivity contribution in [2.45, 2.75) is 10.8 Å². The van der Waals surface area contributed by atoms with Crippen LogP contribution in [0.2, 0.25) is 0 Å². The van der Waals surface area contributed by atoms with E-state index >= 15 is 0 Å². The van der Waals surface area contributed by atoms with Gasteiger partial charge < -0.3 is 0 Å². The highest BCUT2D eigenvalue weighted by Gasteiger charge is 2.48. The molecule has 2 aromatic heterocycles. The quantitative estimate of drug-likeness (QED) is 0.115. The van der Waals surface area contributed by atoms with Crippen molar-refractivity contribution in [2.24, 2.45) is 0 Å². The summed E-state index contributed by atoms with van der Waals surface area (Å²) in [6.07, 6.45) is 0. The monoisotopic (exact) mass is 1300 g/mol. The van der Waals surface area contributed by atoms with Gasteiger partial charge in [0.05, 0.1) is 22.2 Å². The van der Waals surface area contributed by atoms with E-state index in [-0.39, 0.29) is 0 Å². The van der Waals surface area contributed by atoms with Gasteiger partial charge in [-0.25, -0.2) is 24.9 Å². The first-order valence-electron chi connectivity index (χ1n) is 34.9. The van der Waals surface area contributed by atoms with E-state index in [1.807, 2.05) is 24.3 Å². The number of benzene rings is 15. The second-order valence-corrected chi connectivity index (χ2v) is 26.5. The third kappa shape index (κ3) is 9.96. The van der Waals surface area contributed by atoms with Crippen molar-refractivity contribution in [3.8, 4) is 124 Å². The molecule has 2 aliphatic rings. The fraction of sp³-hybridized carbons (Fsp3) is 0.0206. The van der Waals surface area contributed by atoms with Gasteiger partial charge in [-0.3, -0.25) is 0 Å². The lowest BCUT2D eigenvalue weighted by atomic mass is 9.67. The van der Waals surface area contributed by atoms with E-state index in [1.165, 1.54) is 72.1 Å². The van der Waals surface area contributed by atoms with Crippen LogP contribution in [0.4, 0.5) is 0 Å². The molecule has 102 heavy (non-hydrogen) atoms. The summed E-state index contributed by atoms with van der Waals surface area (Å²) in [5.41, 5.74) is 27.4. The minimum Gasteiger partial charge on any atom is -0.228 e. The lowest BCUT2D eigenvalue weighted by Gasteiger charge is -2.34. The number of hydrogen-bond donors (Lipinski definition) is 0. The predicted molar refractivity (Wildman–Crippen MR) is 416 cm³/mol. The molecule has 0 fully saturated rings. The summed E-state index contributed by atoms with van der Waals surface area (Å²) in [7, 11) is 0. The fourth-order valence-corrected chi connectivity index (χ4v) is 16.3. The Morgan fingerprint density at radius 2 is 0.549 bits per heavy atom. The minimum absolute atomic E-state index is 0.531. The van der Waals surface area contributed by atoms with E-state index in [1.54, 1.807) is 0 Å². The van der Waals surface area contributed by atoms with E-state index in [0.29, 0.717) is 23.3 Å². The fourth-order valence-electron chi connectivity index (χ4n) is 16.3. The van der Waals surface area contributed by atoms with Gasteiger partial charge in [0.2, 0.25) is 0 Å². The highest BCUT2D eigenvalue weighted by molar-refractivity contribution is 6.03.